The number of fused-ring (bicyclic) bond motifs is 1. The van der Waals surface area contributed by atoms with Gasteiger partial charge >= 0.3 is 17.8 Å². The number of alkyl halides is 3. The summed E-state index contributed by atoms with van der Waals surface area (Å²) in [6.45, 7) is 5.40. The Kier molecular flexibility index (Phi) is 9.10. The van der Waals surface area contributed by atoms with Crippen molar-refractivity contribution in [1.82, 2.24) is 4.57 Å². The molecule has 0 radical (unpaired) electrons. The molecule has 0 N–H and O–H groups in total. The van der Waals surface area contributed by atoms with Gasteiger partial charge in [0.25, 0.3) is 5.56 Å². The number of nitrogens with zero attached hydrogens (tertiary/aromatic N) is 3. The van der Waals surface area contributed by atoms with Crippen molar-refractivity contribution in [3.63, 3.8) is 0 Å². The van der Waals surface area contributed by atoms with E-state index in [0.29, 0.717) is 38.3 Å². The van der Waals surface area contributed by atoms with E-state index in [2.05, 4.69) is 4.99 Å². The number of ether oxygens (including phenoxy) is 3. The molecule has 0 amide bonds. The number of esters is 1. The van der Waals surface area contributed by atoms with Crippen molar-refractivity contribution < 1.29 is 37.1 Å². The molecule has 1 aliphatic rings. The molecule has 10 nitrogen and oxygen atoms in total. The topological polar surface area (TPSA) is 122 Å². The van der Waals surface area contributed by atoms with E-state index >= 15 is 0 Å². The van der Waals surface area contributed by atoms with Gasteiger partial charge in [-0.05, 0) is 62.2 Å². The van der Waals surface area contributed by atoms with Crippen LogP contribution in [-0.2, 0) is 15.7 Å². The monoisotopic (exact) mass is 653 g/mol. The Morgan fingerprint density at radius 3 is 2.41 bits per heavy atom. The molecule has 4 aromatic rings. The second-order valence-electron chi connectivity index (χ2n) is 9.89. The zero-order valence-electron chi connectivity index (χ0n) is 24.7. The van der Waals surface area contributed by atoms with E-state index in [-0.39, 0.29) is 30.3 Å². The highest BCUT2D eigenvalue weighted by molar-refractivity contribution is 7.07. The van der Waals surface area contributed by atoms with Gasteiger partial charge in [-0.2, -0.15) is 13.2 Å². The number of nitro benzene ring substituents is 1. The Morgan fingerprint density at radius 1 is 1.04 bits per heavy atom. The highest BCUT2D eigenvalue weighted by Gasteiger charge is 2.34. The molecular formula is C32H26F3N3O7S. The predicted molar refractivity (Wildman–Crippen MR) is 163 cm³/mol. The molecule has 5 rings (SSSR count). The van der Waals surface area contributed by atoms with Crippen LogP contribution in [0.3, 0.4) is 0 Å². The largest absolute Gasteiger partial charge is 0.490 e. The number of allylic oxidation sites excluding steroid dienone is 1. The van der Waals surface area contributed by atoms with E-state index in [1.807, 2.05) is 30.3 Å². The quantitative estimate of drug-likeness (QED) is 0.125. The second-order valence-corrected chi connectivity index (χ2v) is 10.9. The number of nitro groups is 1. The molecule has 1 aromatic heterocycles. The summed E-state index contributed by atoms with van der Waals surface area (Å²) in [6, 6.07) is 14.8. The Balaban J connectivity index is 1.57. The first-order chi connectivity index (χ1) is 21.9. The first-order valence-corrected chi connectivity index (χ1v) is 14.8. The molecule has 3 aromatic carbocycles. The number of halogens is 3. The van der Waals surface area contributed by atoms with Crippen molar-refractivity contribution in [3.05, 3.63) is 124 Å². The normalized spacial score (nSPS) is 14.8. The minimum absolute atomic E-state index is 0.0158. The molecule has 1 aliphatic heterocycles. The molecule has 0 saturated carbocycles. The maximum absolute atomic E-state index is 13.9. The maximum Gasteiger partial charge on any atom is 0.416 e. The first-order valence-electron chi connectivity index (χ1n) is 14.0. The zero-order chi connectivity index (χ0) is 33.2. The molecule has 0 spiro atoms. The first kappa shape index (κ1) is 32.2. The van der Waals surface area contributed by atoms with Crippen LogP contribution >= 0.6 is 11.3 Å². The summed E-state index contributed by atoms with van der Waals surface area (Å²) in [5.74, 6) is -0.825. The Labute approximate surface area is 263 Å². The van der Waals surface area contributed by atoms with Crippen LogP contribution in [0.4, 0.5) is 18.9 Å². The highest BCUT2D eigenvalue weighted by atomic mass is 32.1. The number of hydrogen-bond acceptors (Lipinski definition) is 9. The van der Waals surface area contributed by atoms with Crippen LogP contribution in [0.2, 0.25) is 0 Å². The van der Waals surface area contributed by atoms with Crippen LogP contribution in [0, 0.1) is 10.1 Å². The molecular weight excluding hydrogens is 627 g/mol. The van der Waals surface area contributed by atoms with Crippen molar-refractivity contribution in [1.29, 1.82) is 0 Å². The lowest BCUT2D eigenvalue weighted by Crippen LogP contribution is -2.39. The third-order valence-corrected chi connectivity index (χ3v) is 7.88. The molecule has 14 heteroatoms. The fourth-order valence-electron chi connectivity index (χ4n) is 4.90. The van der Waals surface area contributed by atoms with E-state index in [9.17, 15) is 32.9 Å². The predicted octanol–water partition coefficient (Wildman–Crippen LogP) is 5.92. The highest BCUT2D eigenvalue weighted by Crippen LogP contribution is 2.40. The maximum atomic E-state index is 13.9. The van der Waals surface area contributed by atoms with Crippen molar-refractivity contribution in [2.24, 2.45) is 4.99 Å². The van der Waals surface area contributed by atoms with Gasteiger partial charge in [-0.15, -0.1) is 0 Å². The second kappa shape index (κ2) is 13.0. The molecule has 0 saturated heterocycles. The van der Waals surface area contributed by atoms with Gasteiger partial charge < -0.3 is 14.2 Å². The molecule has 0 bridgehead atoms. The average Bonchev–Trinajstić information content (AvgIpc) is 3.31. The number of thiazole rings is 1. The minimum Gasteiger partial charge on any atom is -0.490 e. The molecule has 46 heavy (non-hydrogen) atoms. The molecule has 0 fully saturated rings. The lowest BCUT2D eigenvalue weighted by molar-refractivity contribution is -0.385. The van der Waals surface area contributed by atoms with E-state index < -0.39 is 45.7 Å². The zero-order valence-corrected chi connectivity index (χ0v) is 25.5. The summed E-state index contributed by atoms with van der Waals surface area (Å²) in [5.41, 5.74) is -0.571. The van der Waals surface area contributed by atoms with Crippen molar-refractivity contribution >= 4 is 29.1 Å². The lowest BCUT2D eigenvalue weighted by Gasteiger charge is -2.24. The Hall–Kier alpha value is -5.24. The number of rotatable bonds is 9. The summed E-state index contributed by atoms with van der Waals surface area (Å²) < 4.78 is 57.9. The third-order valence-electron chi connectivity index (χ3n) is 6.90. The summed E-state index contributed by atoms with van der Waals surface area (Å²) >= 11 is 1.12. The molecule has 0 aliphatic carbocycles. The number of hydrogen-bond donors (Lipinski definition) is 0. The molecule has 1 atom stereocenters. The van der Waals surface area contributed by atoms with E-state index in [1.165, 1.54) is 16.7 Å². The minimum atomic E-state index is -4.78. The van der Waals surface area contributed by atoms with Gasteiger partial charge in [-0.1, -0.05) is 47.7 Å². The van der Waals surface area contributed by atoms with Gasteiger partial charge in [0.2, 0.25) is 5.75 Å². The van der Waals surface area contributed by atoms with Gasteiger partial charge in [0.15, 0.2) is 16.3 Å². The third kappa shape index (κ3) is 6.42. The van der Waals surface area contributed by atoms with E-state index in [4.69, 9.17) is 14.2 Å². The van der Waals surface area contributed by atoms with Gasteiger partial charge in [0.1, 0.15) is 0 Å². The van der Waals surface area contributed by atoms with Crippen molar-refractivity contribution in [2.45, 2.75) is 33.0 Å². The van der Waals surface area contributed by atoms with E-state index in [0.717, 1.165) is 17.4 Å². The van der Waals surface area contributed by atoms with Crippen LogP contribution in [-0.4, -0.2) is 28.7 Å². The Morgan fingerprint density at radius 2 is 1.76 bits per heavy atom. The van der Waals surface area contributed by atoms with Gasteiger partial charge in [0.05, 0.1) is 45.5 Å². The van der Waals surface area contributed by atoms with Crippen LogP contribution in [0.15, 0.2) is 87.8 Å². The summed E-state index contributed by atoms with van der Waals surface area (Å²) in [7, 11) is 0. The van der Waals surface area contributed by atoms with Crippen LogP contribution < -0.4 is 24.4 Å². The van der Waals surface area contributed by atoms with Crippen molar-refractivity contribution in [3.8, 4) is 17.2 Å². The van der Waals surface area contributed by atoms with Crippen LogP contribution in [0.5, 0.6) is 17.2 Å². The smallest absolute Gasteiger partial charge is 0.416 e. The van der Waals surface area contributed by atoms with Crippen LogP contribution in [0.25, 0.3) is 6.08 Å². The fourth-order valence-corrected chi connectivity index (χ4v) is 5.95. The van der Waals surface area contributed by atoms with Gasteiger partial charge in [-0.3, -0.25) is 19.5 Å². The van der Waals surface area contributed by atoms with Gasteiger partial charge in [-0.25, -0.2) is 9.79 Å². The van der Waals surface area contributed by atoms with Crippen molar-refractivity contribution in [2.75, 3.05) is 13.2 Å². The number of aromatic nitrogens is 1. The standard InChI is InChI=1S/C32H26F3N3O7S/c1-4-43-25-15-19(11-13-24(25)45-23-14-12-21(32(33,34)35)17-22(23)38(41)42)16-26-29(39)37-28(20-9-7-6-8-10-20)27(30(40)44-5-2)18(3)36-31(37)46-26/h6-17,28H,4-5H2,1-3H3/b26-16+. The molecule has 238 valence electrons. The Bertz CT molecular complexity index is 2040. The van der Waals surface area contributed by atoms with Crippen LogP contribution in [0.1, 0.15) is 43.5 Å². The number of carbonyl (C=O) groups excluding carboxylic acids is 1. The molecule has 2 heterocycles. The number of benzene rings is 3. The average molecular weight is 654 g/mol. The fraction of sp³-hybridized carbons (Fsp3) is 0.219. The van der Waals surface area contributed by atoms with Gasteiger partial charge in [0, 0.05) is 6.07 Å². The summed E-state index contributed by atoms with van der Waals surface area (Å²) in [6.07, 6.45) is -3.18. The summed E-state index contributed by atoms with van der Waals surface area (Å²) in [4.78, 5) is 42.4. The van der Waals surface area contributed by atoms with E-state index in [1.54, 1.807) is 32.9 Å². The molecule has 1 unspecified atom stereocenters. The summed E-state index contributed by atoms with van der Waals surface area (Å²) in [5, 5.41) is 11.6. The SMILES string of the molecule is CCOC(=O)C1=C(C)N=c2s/c(=C/c3ccc(Oc4ccc(C(F)(F)F)cc4[N+](=O)[O-])c(OCC)c3)c(=O)n2C1c1ccccc1. The lowest BCUT2D eigenvalue weighted by atomic mass is 9.96. The number of carbonyl (C=O) groups is 1.